The highest BCUT2D eigenvalue weighted by Gasteiger charge is 2.03. The molecule has 2 aromatic rings. The molecule has 0 unspecified atom stereocenters. The molecule has 20 heavy (non-hydrogen) atoms. The highest BCUT2D eigenvalue weighted by Crippen LogP contribution is 2.20. The SMILES string of the molecule is CCCNCc1ccc(COc2cccnc2)c(Br)c1. The second-order valence-corrected chi connectivity index (χ2v) is 5.43. The van der Waals surface area contributed by atoms with E-state index < -0.39 is 0 Å². The third-order valence-corrected chi connectivity index (χ3v) is 3.64. The Hall–Kier alpha value is -1.39. The first-order valence-corrected chi connectivity index (χ1v) is 7.59. The molecule has 0 fully saturated rings. The Labute approximate surface area is 128 Å². The molecular weight excluding hydrogens is 316 g/mol. The van der Waals surface area contributed by atoms with Crippen LogP contribution in [0.2, 0.25) is 0 Å². The Balaban J connectivity index is 1.92. The minimum atomic E-state index is 0.537. The van der Waals surface area contributed by atoms with Gasteiger partial charge in [0, 0.05) is 22.8 Å². The van der Waals surface area contributed by atoms with E-state index in [0.717, 1.165) is 35.3 Å². The molecule has 0 radical (unpaired) electrons. The Morgan fingerprint density at radius 1 is 1.30 bits per heavy atom. The zero-order chi connectivity index (χ0) is 14.2. The van der Waals surface area contributed by atoms with Crippen molar-refractivity contribution in [3.8, 4) is 5.75 Å². The third-order valence-electron chi connectivity index (χ3n) is 2.90. The van der Waals surface area contributed by atoms with E-state index in [0.29, 0.717) is 6.61 Å². The van der Waals surface area contributed by atoms with Crippen molar-refractivity contribution in [3.05, 3.63) is 58.3 Å². The van der Waals surface area contributed by atoms with E-state index in [1.165, 1.54) is 5.56 Å². The van der Waals surface area contributed by atoms with Gasteiger partial charge in [0.2, 0.25) is 0 Å². The van der Waals surface area contributed by atoms with Crippen LogP contribution in [0.4, 0.5) is 0 Å². The van der Waals surface area contributed by atoms with Crippen molar-refractivity contribution in [2.75, 3.05) is 6.54 Å². The van der Waals surface area contributed by atoms with Crippen LogP contribution in [0.3, 0.4) is 0 Å². The Morgan fingerprint density at radius 3 is 2.90 bits per heavy atom. The number of rotatable bonds is 7. The summed E-state index contributed by atoms with van der Waals surface area (Å²) in [4.78, 5) is 4.03. The van der Waals surface area contributed by atoms with Gasteiger partial charge < -0.3 is 10.1 Å². The number of benzene rings is 1. The quantitative estimate of drug-likeness (QED) is 0.779. The Kier molecular flexibility index (Phi) is 6.02. The van der Waals surface area contributed by atoms with E-state index in [4.69, 9.17) is 4.74 Å². The van der Waals surface area contributed by atoms with Crippen molar-refractivity contribution < 1.29 is 4.74 Å². The molecule has 0 aliphatic heterocycles. The first kappa shape index (κ1) is 15.0. The number of hydrogen-bond donors (Lipinski definition) is 1. The van der Waals surface area contributed by atoms with Gasteiger partial charge in [0.1, 0.15) is 12.4 Å². The number of nitrogens with zero attached hydrogens (tertiary/aromatic N) is 1. The van der Waals surface area contributed by atoms with Crippen LogP contribution in [0.5, 0.6) is 5.75 Å². The Morgan fingerprint density at radius 2 is 2.20 bits per heavy atom. The number of nitrogens with one attached hydrogen (secondary N) is 1. The molecule has 0 spiro atoms. The van der Waals surface area contributed by atoms with Crippen molar-refractivity contribution in [1.82, 2.24) is 10.3 Å². The van der Waals surface area contributed by atoms with Crippen molar-refractivity contribution in [2.24, 2.45) is 0 Å². The van der Waals surface area contributed by atoms with Gasteiger partial charge in [-0.1, -0.05) is 35.0 Å². The molecule has 3 nitrogen and oxygen atoms in total. The summed E-state index contributed by atoms with van der Waals surface area (Å²) >= 11 is 3.61. The lowest BCUT2D eigenvalue weighted by Crippen LogP contribution is -2.13. The first-order valence-electron chi connectivity index (χ1n) is 6.80. The van der Waals surface area contributed by atoms with Gasteiger partial charge in [-0.2, -0.15) is 0 Å². The molecule has 1 heterocycles. The lowest BCUT2D eigenvalue weighted by molar-refractivity contribution is 0.304. The third kappa shape index (κ3) is 4.62. The first-order chi connectivity index (χ1) is 9.79. The molecule has 4 heteroatoms. The Bertz CT molecular complexity index is 531. The summed E-state index contributed by atoms with van der Waals surface area (Å²) in [6, 6.07) is 10.2. The highest BCUT2D eigenvalue weighted by molar-refractivity contribution is 9.10. The van der Waals surface area contributed by atoms with Gasteiger partial charge >= 0.3 is 0 Å². The summed E-state index contributed by atoms with van der Waals surface area (Å²) in [5.41, 5.74) is 2.41. The largest absolute Gasteiger partial charge is 0.487 e. The van der Waals surface area contributed by atoms with E-state index in [1.807, 2.05) is 12.1 Å². The predicted octanol–water partition coefficient (Wildman–Crippen LogP) is 3.92. The number of aromatic nitrogens is 1. The maximum absolute atomic E-state index is 5.70. The van der Waals surface area contributed by atoms with Crippen molar-refractivity contribution in [1.29, 1.82) is 0 Å². The van der Waals surface area contributed by atoms with Crippen LogP contribution in [0, 0.1) is 0 Å². The number of pyridine rings is 1. The van der Waals surface area contributed by atoms with Crippen LogP contribution in [0.1, 0.15) is 24.5 Å². The standard InChI is InChI=1S/C16H19BrN2O/c1-2-7-18-10-13-5-6-14(16(17)9-13)12-20-15-4-3-8-19-11-15/h3-6,8-9,11,18H,2,7,10,12H2,1H3. The average molecular weight is 335 g/mol. The molecule has 0 saturated carbocycles. The van der Waals surface area contributed by atoms with Crippen LogP contribution in [0.15, 0.2) is 47.2 Å². The van der Waals surface area contributed by atoms with Crippen molar-refractivity contribution >= 4 is 15.9 Å². The van der Waals surface area contributed by atoms with Crippen LogP contribution >= 0.6 is 15.9 Å². The van der Waals surface area contributed by atoms with Crippen LogP contribution in [-0.4, -0.2) is 11.5 Å². The summed E-state index contributed by atoms with van der Waals surface area (Å²) < 4.78 is 6.78. The fourth-order valence-corrected chi connectivity index (χ4v) is 2.36. The van der Waals surface area contributed by atoms with Gasteiger partial charge in [0.05, 0.1) is 6.20 Å². The summed E-state index contributed by atoms with van der Waals surface area (Å²) in [5.74, 6) is 0.785. The number of halogens is 1. The monoisotopic (exact) mass is 334 g/mol. The predicted molar refractivity (Wildman–Crippen MR) is 84.7 cm³/mol. The topological polar surface area (TPSA) is 34.1 Å². The molecule has 1 aromatic heterocycles. The summed E-state index contributed by atoms with van der Waals surface area (Å²) in [5, 5.41) is 3.40. The van der Waals surface area contributed by atoms with Gasteiger partial charge in [0.25, 0.3) is 0 Å². The highest BCUT2D eigenvalue weighted by atomic mass is 79.9. The fraction of sp³-hybridized carbons (Fsp3) is 0.312. The molecule has 0 bridgehead atoms. The van der Waals surface area contributed by atoms with Crippen LogP contribution in [0.25, 0.3) is 0 Å². The zero-order valence-electron chi connectivity index (χ0n) is 11.6. The minimum absolute atomic E-state index is 0.537. The van der Waals surface area contributed by atoms with E-state index in [-0.39, 0.29) is 0 Å². The number of hydrogen-bond acceptors (Lipinski definition) is 3. The lowest BCUT2D eigenvalue weighted by atomic mass is 10.1. The van der Waals surface area contributed by atoms with E-state index in [1.54, 1.807) is 12.4 Å². The maximum Gasteiger partial charge on any atom is 0.138 e. The number of ether oxygens (including phenoxy) is 1. The molecular formula is C16H19BrN2O. The van der Waals surface area contributed by atoms with Crippen LogP contribution in [-0.2, 0) is 13.2 Å². The molecule has 106 valence electrons. The molecule has 2 rings (SSSR count). The minimum Gasteiger partial charge on any atom is -0.487 e. The molecule has 0 atom stereocenters. The molecule has 0 aliphatic carbocycles. The van der Waals surface area contributed by atoms with E-state index in [2.05, 4.69) is 51.4 Å². The second kappa shape index (κ2) is 8.02. The molecule has 0 amide bonds. The second-order valence-electron chi connectivity index (χ2n) is 4.58. The van der Waals surface area contributed by atoms with Crippen molar-refractivity contribution in [3.63, 3.8) is 0 Å². The molecule has 0 saturated heterocycles. The normalized spacial score (nSPS) is 10.5. The van der Waals surface area contributed by atoms with E-state index >= 15 is 0 Å². The van der Waals surface area contributed by atoms with Gasteiger partial charge in [-0.3, -0.25) is 4.98 Å². The lowest BCUT2D eigenvalue weighted by Gasteiger charge is -2.10. The zero-order valence-corrected chi connectivity index (χ0v) is 13.2. The molecule has 0 aliphatic rings. The summed E-state index contributed by atoms with van der Waals surface area (Å²) in [6.07, 6.45) is 4.61. The van der Waals surface area contributed by atoms with Gasteiger partial charge in [-0.15, -0.1) is 0 Å². The van der Waals surface area contributed by atoms with E-state index in [9.17, 15) is 0 Å². The van der Waals surface area contributed by atoms with Crippen LogP contribution < -0.4 is 10.1 Å². The smallest absolute Gasteiger partial charge is 0.138 e. The maximum atomic E-state index is 5.70. The van der Waals surface area contributed by atoms with Gasteiger partial charge in [-0.05, 0) is 36.7 Å². The molecule has 1 aromatic carbocycles. The van der Waals surface area contributed by atoms with Crippen molar-refractivity contribution in [2.45, 2.75) is 26.5 Å². The average Bonchev–Trinajstić information content (AvgIpc) is 2.48. The molecule has 1 N–H and O–H groups in total. The summed E-state index contributed by atoms with van der Waals surface area (Å²) in [6.45, 7) is 4.65. The van der Waals surface area contributed by atoms with Gasteiger partial charge in [0.15, 0.2) is 0 Å². The fourth-order valence-electron chi connectivity index (χ4n) is 1.82. The van der Waals surface area contributed by atoms with Gasteiger partial charge in [-0.25, -0.2) is 0 Å². The summed E-state index contributed by atoms with van der Waals surface area (Å²) in [7, 11) is 0.